The summed E-state index contributed by atoms with van der Waals surface area (Å²) in [6.45, 7) is 3.49. The molecule has 1 N–H and O–H groups in total. The summed E-state index contributed by atoms with van der Waals surface area (Å²) in [6.07, 6.45) is 1.66. The van der Waals surface area contributed by atoms with Crippen molar-refractivity contribution < 1.29 is 4.92 Å². The Bertz CT molecular complexity index is 653. The normalized spacial score (nSPS) is 11.2. The fourth-order valence-electron chi connectivity index (χ4n) is 1.67. The van der Waals surface area contributed by atoms with Crippen molar-refractivity contribution >= 4 is 17.2 Å². The van der Waals surface area contributed by atoms with Crippen LogP contribution in [0, 0.1) is 17.0 Å². The largest absolute Gasteiger partial charge is 0.272 e. The maximum Gasteiger partial charge on any atom is 0.272 e. The predicted molar refractivity (Wildman–Crippen MR) is 77.9 cm³/mol. The van der Waals surface area contributed by atoms with E-state index >= 15 is 0 Å². The number of aryl methyl sites for hydroxylation is 1. The Morgan fingerprint density at radius 2 is 2.15 bits per heavy atom. The van der Waals surface area contributed by atoms with Crippen molar-refractivity contribution in [2.75, 3.05) is 5.43 Å². The summed E-state index contributed by atoms with van der Waals surface area (Å²) in [5.74, 6) is 0.619. The van der Waals surface area contributed by atoms with Gasteiger partial charge >= 0.3 is 0 Å². The highest BCUT2D eigenvalue weighted by Crippen LogP contribution is 2.19. The van der Waals surface area contributed by atoms with E-state index in [0.29, 0.717) is 22.7 Å². The van der Waals surface area contributed by atoms with Crippen molar-refractivity contribution in [1.82, 2.24) is 4.98 Å². The second kappa shape index (κ2) is 5.92. The van der Waals surface area contributed by atoms with Crippen LogP contribution in [0.2, 0.25) is 0 Å². The molecule has 0 bridgehead atoms. The summed E-state index contributed by atoms with van der Waals surface area (Å²) >= 11 is 0. The average molecular weight is 270 g/mol. The summed E-state index contributed by atoms with van der Waals surface area (Å²) < 4.78 is 0. The molecule has 0 atom stereocenters. The number of nitrogens with one attached hydrogen (secondary N) is 1. The molecule has 0 saturated carbocycles. The molecule has 2 rings (SSSR count). The zero-order valence-corrected chi connectivity index (χ0v) is 11.2. The molecule has 0 aliphatic heterocycles. The molecular weight excluding hydrogens is 256 g/mol. The van der Waals surface area contributed by atoms with Crippen molar-refractivity contribution in [1.29, 1.82) is 0 Å². The first-order valence-electron chi connectivity index (χ1n) is 6.04. The lowest BCUT2D eigenvalue weighted by atomic mass is 10.1. The summed E-state index contributed by atoms with van der Waals surface area (Å²) in [6, 6.07) is 10.5. The molecule has 0 saturated heterocycles. The maximum atomic E-state index is 10.9. The number of nitro benzene ring substituents is 1. The third-order valence-electron chi connectivity index (χ3n) is 2.83. The standard InChI is InChI=1S/C14H14N4O2/c1-10-6-7-12(9-13(10)18(19)20)11(2)16-17-14-5-3-4-8-15-14/h3-9H,1-2H3,(H,15,17). The van der Waals surface area contributed by atoms with Crippen molar-refractivity contribution in [2.24, 2.45) is 5.10 Å². The van der Waals surface area contributed by atoms with Crippen LogP contribution in [-0.4, -0.2) is 15.6 Å². The van der Waals surface area contributed by atoms with Gasteiger partial charge in [-0.15, -0.1) is 0 Å². The van der Waals surface area contributed by atoms with Gasteiger partial charge in [-0.25, -0.2) is 4.98 Å². The van der Waals surface area contributed by atoms with Crippen LogP contribution in [0.25, 0.3) is 0 Å². The van der Waals surface area contributed by atoms with Gasteiger partial charge < -0.3 is 0 Å². The number of aromatic nitrogens is 1. The lowest BCUT2D eigenvalue weighted by molar-refractivity contribution is -0.385. The summed E-state index contributed by atoms with van der Waals surface area (Å²) in [5, 5.41) is 15.1. The van der Waals surface area contributed by atoms with Crippen LogP contribution in [0.5, 0.6) is 0 Å². The molecule has 1 heterocycles. The van der Waals surface area contributed by atoms with E-state index in [1.807, 2.05) is 12.1 Å². The highest BCUT2D eigenvalue weighted by molar-refractivity contribution is 5.99. The molecule has 6 nitrogen and oxygen atoms in total. The summed E-state index contributed by atoms with van der Waals surface area (Å²) in [5.41, 5.74) is 4.89. The summed E-state index contributed by atoms with van der Waals surface area (Å²) in [7, 11) is 0. The Morgan fingerprint density at radius 3 is 2.80 bits per heavy atom. The minimum Gasteiger partial charge on any atom is -0.261 e. The van der Waals surface area contributed by atoms with Gasteiger partial charge in [0.05, 0.1) is 10.6 Å². The van der Waals surface area contributed by atoms with Crippen LogP contribution in [0.3, 0.4) is 0 Å². The van der Waals surface area contributed by atoms with E-state index in [-0.39, 0.29) is 5.69 Å². The number of hydrogen-bond acceptors (Lipinski definition) is 5. The average Bonchev–Trinajstić information content (AvgIpc) is 2.46. The zero-order valence-electron chi connectivity index (χ0n) is 11.2. The first-order valence-corrected chi connectivity index (χ1v) is 6.04. The molecule has 0 unspecified atom stereocenters. The number of hydrazone groups is 1. The molecule has 2 aromatic rings. The van der Waals surface area contributed by atoms with Gasteiger partial charge in [-0.2, -0.15) is 5.10 Å². The predicted octanol–water partition coefficient (Wildman–Crippen LogP) is 3.13. The number of pyridine rings is 1. The minimum absolute atomic E-state index is 0.0925. The smallest absolute Gasteiger partial charge is 0.261 e. The fraction of sp³-hybridized carbons (Fsp3) is 0.143. The first-order chi connectivity index (χ1) is 9.58. The SMILES string of the molecule is CC(=NNc1ccccn1)c1ccc(C)c([N+](=O)[O-])c1. The van der Waals surface area contributed by atoms with Gasteiger partial charge in [0.1, 0.15) is 5.82 Å². The number of anilines is 1. The number of rotatable bonds is 4. The first kappa shape index (κ1) is 13.7. The minimum atomic E-state index is -0.391. The maximum absolute atomic E-state index is 10.9. The molecule has 6 heteroatoms. The van der Waals surface area contributed by atoms with Crippen molar-refractivity contribution in [3.8, 4) is 0 Å². The lowest BCUT2D eigenvalue weighted by Gasteiger charge is -2.04. The Morgan fingerprint density at radius 1 is 1.35 bits per heavy atom. The van der Waals surface area contributed by atoms with Crippen molar-refractivity contribution in [3.63, 3.8) is 0 Å². The molecular formula is C14H14N4O2. The topological polar surface area (TPSA) is 80.4 Å². The highest BCUT2D eigenvalue weighted by Gasteiger charge is 2.12. The molecule has 102 valence electrons. The van der Waals surface area contributed by atoms with Crippen LogP contribution < -0.4 is 5.43 Å². The van der Waals surface area contributed by atoms with Gasteiger partial charge in [-0.1, -0.05) is 18.2 Å². The molecule has 0 radical (unpaired) electrons. The van der Waals surface area contributed by atoms with Crippen LogP contribution in [0.4, 0.5) is 11.5 Å². The van der Waals surface area contributed by atoms with Crippen molar-refractivity contribution in [3.05, 3.63) is 63.8 Å². The van der Waals surface area contributed by atoms with Crippen molar-refractivity contribution in [2.45, 2.75) is 13.8 Å². The molecule has 20 heavy (non-hydrogen) atoms. The van der Waals surface area contributed by atoms with Crippen LogP contribution >= 0.6 is 0 Å². The van der Waals surface area contributed by atoms with Gasteiger partial charge in [0, 0.05) is 23.4 Å². The Balaban J connectivity index is 2.23. The number of benzene rings is 1. The molecule has 0 amide bonds. The van der Waals surface area contributed by atoms with Crippen LogP contribution in [0.1, 0.15) is 18.1 Å². The molecule has 1 aromatic heterocycles. The van der Waals surface area contributed by atoms with Crippen LogP contribution in [-0.2, 0) is 0 Å². The van der Waals surface area contributed by atoms with E-state index in [4.69, 9.17) is 0 Å². The quantitative estimate of drug-likeness (QED) is 0.525. The van der Waals surface area contributed by atoms with Gasteiger partial charge in [-0.05, 0) is 26.0 Å². The highest BCUT2D eigenvalue weighted by atomic mass is 16.6. The van der Waals surface area contributed by atoms with Gasteiger partial charge in [0.15, 0.2) is 0 Å². The molecule has 0 fully saturated rings. The lowest BCUT2D eigenvalue weighted by Crippen LogP contribution is -2.02. The van der Waals surface area contributed by atoms with Crippen LogP contribution in [0.15, 0.2) is 47.7 Å². The Hall–Kier alpha value is -2.76. The zero-order chi connectivity index (χ0) is 14.5. The van der Waals surface area contributed by atoms with Gasteiger partial charge in [0.2, 0.25) is 0 Å². The molecule has 1 aromatic carbocycles. The molecule has 0 aliphatic rings. The monoisotopic (exact) mass is 270 g/mol. The molecule has 0 spiro atoms. The number of hydrogen-bond donors (Lipinski definition) is 1. The third kappa shape index (κ3) is 3.17. The Labute approximate surface area is 116 Å². The van der Waals surface area contributed by atoms with E-state index in [0.717, 1.165) is 0 Å². The Kier molecular flexibility index (Phi) is 4.05. The number of nitrogens with zero attached hydrogens (tertiary/aromatic N) is 3. The third-order valence-corrected chi connectivity index (χ3v) is 2.83. The fourth-order valence-corrected chi connectivity index (χ4v) is 1.67. The molecule has 0 aliphatic carbocycles. The second-order valence-electron chi connectivity index (χ2n) is 4.28. The van der Waals surface area contributed by atoms with E-state index in [1.165, 1.54) is 6.07 Å². The summed E-state index contributed by atoms with van der Waals surface area (Å²) in [4.78, 5) is 14.6. The van der Waals surface area contributed by atoms with Gasteiger partial charge in [0.25, 0.3) is 5.69 Å². The number of nitro groups is 1. The van der Waals surface area contributed by atoms with E-state index < -0.39 is 4.92 Å². The second-order valence-corrected chi connectivity index (χ2v) is 4.28. The van der Waals surface area contributed by atoms with E-state index in [1.54, 1.807) is 38.2 Å². The van der Waals surface area contributed by atoms with Gasteiger partial charge in [-0.3, -0.25) is 15.5 Å². The van der Waals surface area contributed by atoms with E-state index in [2.05, 4.69) is 15.5 Å². The van der Waals surface area contributed by atoms with E-state index in [9.17, 15) is 10.1 Å².